The Hall–Kier alpha value is -2.54. The Morgan fingerprint density at radius 2 is 1.88 bits per heavy atom. The zero-order valence-electron chi connectivity index (χ0n) is 13.1. The summed E-state index contributed by atoms with van der Waals surface area (Å²) in [5.41, 5.74) is 0.0343. The van der Waals surface area contributed by atoms with Gasteiger partial charge in [0, 0.05) is 17.3 Å². The highest BCUT2D eigenvalue weighted by Gasteiger charge is 2.18. The summed E-state index contributed by atoms with van der Waals surface area (Å²) in [6.07, 6.45) is 1.32. The van der Waals surface area contributed by atoms with Crippen LogP contribution in [0.5, 0.6) is 0 Å². The number of ether oxygens (including phenoxy) is 1. The van der Waals surface area contributed by atoms with Crippen LogP contribution in [0.15, 0.2) is 51.9 Å². The number of benzene rings is 2. The van der Waals surface area contributed by atoms with Gasteiger partial charge in [0.1, 0.15) is 17.2 Å². The molecule has 0 aliphatic carbocycles. The molecule has 3 rings (SSSR count). The average Bonchev–Trinajstić information content (AvgIpc) is 2.58. The number of halogens is 3. The minimum atomic E-state index is -0.798. The summed E-state index contributed by atoms with van der Waals surface area (Å²) in [4.78, 5) is 24.7. The summed E-state index contributed by atoms with van der Waals surface area (Å²) >= 11 is 3.09. The number of carbonyl (C=O) groups is 1. The van der Waals surface area contributed by atoms with Crippen LogP contribution in [-0.4, -0.2) is 17.1 Å². The lowest BCUT2D eigenvalue weighted by molar-refractivity contribution is 0.0524. The summed E-state index contributed by atoms with van der Waals surface area (Å²) < 4.78 is 33.7. The fourth-order valence-corrected chi connectivity index (χ4v) is 2.82. The van der Waals surface area contributed by atoms with Crippen LogP contribution in [0.25, 0.3) is 16.6 Å². The Morgan fingerprint density at radius 3 is 2.52 bits per heavy atom. The molecule has 4 nitrogen and oxygen atoms in total. The van der Waals surface area contributed by atoms with Crippen molar-refractivity contribution in [1.29, 1.82) is 0 Å². The normalized spacial score (nSPS) is 10.9. The van der Waals surface area contributed by atoms with Crippen molar-refractivity contribution >= 4 is 32.8 Å². The molecule has 0 radical (unpaired) electrons. The van der Waals surface area contributed by atoms with Gasteiger partial charge in [-0.2, -0.15) is 0 Å². The van der Waals surface area contributed by atoms with Gasteiger partial charge in [0.25, 0.3) is 0 Å². The molecule has 0 N–H and O–H groups in total. The Morgan fingerprint density at radius 1 is 1.20 bits per heavy atom. The van der Waals surface area contributed by atoms with Gasteiger partial charge in [-0.3, -0.25) is 4.79 Å². The van der Waals surface area contributed by atoms with E-state index in [1.807, 2.05) is 0 Å². The molecular weight excluding hydrogens is 396 g/mol. The average molecular weight is 408 g/mol. The number of esters is 1. The number of hydrogen-bond acceptors (Lipinski definition) is 3. The second kappa shape index (κ2) is 6.76. The Kier molecular flexibility index (Phi) is 4.67. The Bertz CT molecular complexity index is 1030. The monoisotopic (exact) mass is 407 g/mol. The smallest absolute Gasteiger partial charge is 0.343 e. The highest BCUT2D eigenvalue weighted by Crippen LogP contribution is 2.24. The van der Waals surface area contributed by atoms with Gasteiger partial charge >= 0.3 is 5.97 Å². The van der Waals surface area contributed by atoms with E-state index in [1.54, 1.807) is 6.92 Å². The first-order valence-corrected chi connectivity index (χ1v) is 8.19. The van der Waals surface area contributed by atoms with Crippen LogP contribution in [0.1, 0.15) is 17.3 Å². The number of hydrogen-bond donors (Lipinski definition) is 0. The molecule has 128 valence electrons. The van der Waals surface area contributed by atoms with Crippen LogP contribution in [-0.2, 0) is 4.74 Å². The molecule has 7 heteroatoms. The van der Waals surface area contributed by atoms with Crippen LogP contribution in [0.4, 0.5) is 8.78 Å². The molecule has 0 bridgehead atoms. The molecule has 3 aromatic rings. The lowest BCUT2D eigenvalue weighted by Crippen LogP contribution is -2.20. The number of fused-ring (bicyclic) bond motifs is 1. The molecule has 2 aromatic carbocycles. The van der Waals surface area contributed by atoms with E-state index in [0.717, 1.165) is 6.07 Å². The van der Waals surface area contributed by atoms with Gasteiger partial charge in [-0.1, -0.05) is 0 Å². The van der Waals surface area contributed by atoms with Crippen molar-refractivity contribution in [3.05, 3.63) is 74.5 Å². The van der Waals surface area contributed by atoms with Crippen LogP contribution in [0.2, 0.25) is 0 Å². The maximum Gasteiger partial charge on any atom is 0.343 e. The molecule has 0 saturated heterocycles. The van der Waals surface area contributed by atoms with E-state index in [4.69, 9.17) is 4.74 Å². The van der Waals surface area contributed by atoms with Gasteiger partial charge in [0.05, 0.1) is 16.6 Å². The van der Waals surface area contributed by atoms with Crippen molar-refractivity contribution in [2.75, 3.05) is 6.61 Å². The zero-order chi connectivity index (χ0) is 18.1. The first-order valence-electron chi connectivity index (χ1n) is 7.40. The number of nitrogens with zero attached hydrogens (tertiary/aromatic N) is 1. The summed E-state index contributed by atoms with van der Waals surface area (Å²) in [7, 11) is 0. The van der Waals surface area contributed by atoms with Crippen molar-refractivity contribution in [3.63, 3.8) is 0 Å². The molecule has 0 atom stereocenters. The largest absolute Gasteiger partial charge is 0.462 e. The molecule has 0 aliphatic rings. The van der Waals surface area contributed by atoms with Crippen molar-refractivity contribution in [2.24, 2.45) is 0 Å². The van der Waals surface area contributed by atoms with E-state index >= 15 is 0 Å². The van der Waals surface area contributed by atoms with Gasteiger partial charge in [0.2, 0.25) is 5.43 Å². The van der Waals surface area contributed by atoms with Gasteiger partial charge in [-0.05, 0) is 59.3 Å². The van der Waals surface area contributed by atoms with E-state index in [2.05, 4.69) is 15.9 Å². The van der Waals surface area contributed by atoms with E-state index in [1.165, 1.54) is 41.1 Å². The Labute approximate surface area is 149 Å². The number of pyridine rings is 1. The topological polar surface area (TPSA) is 48.3 Å². The van der Waals surface area contributed by atoms with E-state index in [-0.39, 0.29) is 22.0 Å². The quantitative estimate of drug-likeness (QED) is 0.611. The lowest BCUT2D eigenvalue weighted by Gasteiger charge is -2.14. The molecular formula is C18H12BrF2NO3. The second-order valence-electron chi connectivity index (χ2n) is 5.22. The third-order valence-corrected chi connectivity index (χ3v) is 4.25. The first kappa shape index (κ1) is 17.3. The van der Waals surface area contributed by atoms with Crippen molar-refractivity contribution in [1.82, 2.24) is 4.57 Å². The standard InChI is InChI=1S/C18H12BrF2NO3/c1-2-25-18(24)13-9-22(11-5-3-10(20)4-6-11)16-8-14(19)15(21)7-12(16)17(13)23/h3-9H,2H2,1H3. The minimum absolute atomic E-state index is 0.0237. The lowest BCUT2D eigenvalue weighted by atomic mass is 10.1. The predicted molar refractivity (Wildman–Crippen MR) is 93.1 cm³/mol. The fourth-order valence-electron chi connectivity index (χ4n) is 2.49. The molecule has 0 unspecified atom stereocenters. The van der Waals surface area contributed by atoms with Crippen LogP contribution in [0, 0.1) is 11.6 Å². The third kappa shape index (κ3) is 3.19. The summed E-state index contributed by atoms with van der Waals surface area (Å²) in [6, 6.07) is 7.98. The van der Waals surface area contributed by atoms with Crippen LogP contribution in [0.3, 0.4) is 0 Å². The molecule has 0 amide bonds. The molecule has 1 heterocycles. The van der Waals surface area contributed by atoms with Crippen molar-refractivity contribution in [3.8, 4) is 5.69 Å². The van der Waals surface area contributed by atoms with E-state index in [0.29, 0.717) is 11.2 Å². The van der Waals surface area contributed by atoms with Gasteiger partial charge in [-0.15, -0.1) is 0 Å². The van der Waals surface area contributed by atoms with Gasteiger partial charge in [0.15, 0.2) is 0 Å². The fraction of sp³-hybridized carbons (Fsp3) is 0.111. The maximum absolute atomic E-state index is 13.9. The van der Waals surface area contributed by atoms with Crippen molar-refractivity contribution in [2.45, 2.75) is 6.92 Å². The summed E-state index contributed by atoms with van der Waals surface area (Å²) in [5.74, 6) is -1.85. The first-order chi connectivity index (χ1) is 11.9. The maximum atomic E-state index is 13.9. The zero-order valence-corrected chi connectivity index (χ0v) is 14.6. The molecule has 0 saturated carbocycles. The minimum Gasteiger partial charge on any atom is -0.462 e. The van der Waals surface area contributed by atoms with Gasteiger partial charge in [-0.25, -0.2) is 13.6 Å². The second-order valence-corrected chi connectivity index (χ2v) is 6.08. The SMILES string of the molecule is CCOC(=O)c1cn(-c2ccc(F)cc2)c2cc(Br)c(F)cc2c1=O. The van der Waals surface area contributed by atoms with Crippen molar-refractivity contribution < 1.29 is 18.3 Å². The summed E-state index contributed by atoms with van der Waals surface area (Å²) in [5, 5.41) is 0.0237. The number of rotatable bonds is 3. The molecule has 0 fully saturated rings. The number of aromatic nitrogens is 1. The molecule has 1 aromatic heterocycles. The molecule has 0 aliphatic heterocycles. The van der Waals surface area contributed by atoms with Gasteiger partial charge < -0.3 is 9.30 Å². The molecule has 25 heavy (non-hydrogen) atoms. The Balaban J connectivity index is 2.39. The highest BCUT2D eigenvalue weighted by atomic mass is 79.9. The highest BCUT2D eigenvalue weighted by molar-refractivity contribution is 9.10. The summed E-state index contributed by atoms with van der Waals surface area (Å²) in [6.45, 7) is 1.72. The molecule has 0 spiro atoms. The third-order valence-electron chi connectivity index (χ3n) is 3.65. The predicted octanol–water partition coefficient (Wildman–Crippen LogP) is 4.21. The van der Waals surface area contributed by atoms with Crippen LogP contribution < -0.4 is 5.43 Å². The van der Waals surface area contributed by atoms with Crippen LogP contribution >= 0.6 is 15.9 Å². The number of carbonyl (C=O) groups excluding carboxylic acids is 1. The van der Waals surface area contributed by atoms with E-state index < -0.39 is 23.0 Å². The van der Waals surface area contributed by atoms with E-state index in [9.17, 15) is 18.4 Å².